The molecule has 5 heteroatoms. The minimum Gasteiger partial charge on any atom is -0.370 e. The van der Waals surface area contributed by atoms with E-state index in [2.05, 4.69) is 23.7 Å². The number of carbonyl (C=O) groups excluding carboxylic acids is 1. The molecule has 0 saturated carbocycles. The Morgan fingerprint density at radius 1 is 0.449 bits per heavy atom. The lowest BCUT2D eigenvalue weighted by atomic mass is 10.0. The van der Waals surface area contributed by atoms with Gasteiger partial charge in [0, 0.05) is 18.7 Å². The smallest absolute Gasteiger partial charge is 0.253 e. The van der Waals surface area contributed by atoms with E-state index >= 15 is 0 Å². The van der Waals surface area contributed by atoms with Crippen molar-refractivity contribution in [3.05, 3.63) is 29.8 Å². The van der Waals surface area contributed by atoms with Gasteiger partial charge in [0.15, 0.2) is 5.96 Å². The number of hydrogen-bond donors (Lipinski definition) is 2. The van der Waals surface area contributed by atoms with Gasteiger partial charge in [0.2, 0.25) is 0 Å². The van der Waals surface area contributed by atoms with Crippen LogP contribution in [0.15, 0.2) is 29.3 Å². The third kappa shape index (κ3) is 28.4. The molecule has 1 aromatic carbocycles. The van der Waals surface area contributed by atoms with Crippen molar-refractivity contribution in [2.45, 2.75) is 219 Å². The molecule has 1 amide bonds. The molecule has 0 bridgehead atoms. The number of amides is 1. The van der Waals surface area contributed by atoms with Gasteiger partial charge in [-0.2, -0.15) is 0 Å². The first kappa shape index (κ1) is 45.0. The summed E-state index contributed by atoms with van der Waals surface area (Å²) in [7, 11) is 0. The van der Waals surface area contributed by atoms with E-state index < -0.39 is 0 Å². The normalized spacial score (nSPS) is 11.2. The van der Waals surface area contributed by atoms with Crippen LogP contribution in [0.25, 0.3) is 0 Å². The first-order valence-corrected chi connectivity index (χ1v) is 21.6. The Bertz CT molecular complexity index is 843. The van der Waals surface area contributed by atoms with Crippen molar-refractivity contribution in [3.8, 4) is 0 Å². The van der Waals surface area contributed by atoms with E-state index in [1.165, 1.54) is 193 Å². The van der Waals surface area contributed by atoms with Crippen LogP contribution in [-0.4, -0.2) is 29.9 Å². The Hall–Kier alpha value is -2.04. The van der Waals surface area contributed by atoms with Crippen molar-refractivity contribution in [2.24, 2.45) is 16.5 Å². The molecule has 0 heterocycles. The summed E-state index contributed by atoms with van der Waals surface area (Å²) >= 11 is 0. The zero-order valence-corrected chi connectivity index (χ0v) is 32.8. The zero-order valence-electron chi connectivity index (χ0n) is 32.8. The molecule has 0 radical (unpaired) electrons. The SMILES string of the molecule is CCCCCCCCCCCCCCCCCCN(CCCCCCCCCCCCCCCCCC)C(=O)c1ccc(N=C(N)N)cc1. The predicted octanol–water partition coefficient (Wildman–Crippen LogP) is 13.6. The highest BCUT2D eigenvalue weighted by Crippen LogP contribution is 2.18. The van der Waals surface area contributed by atoms with Gasteiger partial charge < -0.3 is 16.4 Å². The molecule has 0 atom stereocenters. The van der Waals surface area contributed by atoms with Gasteiger partial charge in [-0.15, -0.1) is 0 Å². The number of unbranched alkanes of at least 4 members (excludes halogenated alkanes) is 30. The lowest BCUT2D eigenvalue weighted by Crippen LogP contribution is -2.33. The summed E-state index contributed by atoms with van der Waals surface area (Å²) in [6, 6.07) is 7.37. The van der Waals surface area contributed by atoms with Gasteiger partial charge in [0.25, 0.3) is 5.91 Å². The van der Waals surface area contributed by atoms with Crippen LogP contribution in [0.2, 0.25) is 0 Å². The number of nitrogens with two attached hydrogens (primary N) is 2. The van der Waals surface area contributed by atoms with E-state index in [-0.39, 0.29) is 11.9 Å². The van der Waals surface area contributed by atoms with E-state index in [9.17, 15) is 4.79 Å². The van der Waals surface area contributed by atoms with Crippen molar-refractivity contribution >= 4 is 17.6 Å². The molecule has 1 aromatic rings. The molecule has 0 fully saturated rings. The second-order valence-electron chi connectivity index (χ2n) is 15.0. The lowest BCUT2D eigenvalue weighted by molar-refractivity contribution is 0.0749. The number of rotatable bonds is 36. The Morgan fingerprint density at radius 2 is 0.714 bits per heavy atom. The fourth-order valence-corrected chi connectivity index (χ4v) is 7.03. The molecule has 5 nitrogen and oxygen atoms in total. The lowest BCUT2D eigenvalue weighted by Gasteiger charge is -2.23. The van der Waals surface area contributed by atoms with Crippen molar-refractivity contribution < 1.29 is 4.79 Å². The number of aliphatic imine (C=N–C) groups is 1. The molecule has 284 valence electrons. The van der Waals surface area contributed by atoms with Gasteiger partial charge in [0.1, 0.15) is 0 Å². The molecule has 4 N–H and O–H groups in total. The monoisotopic (exact) mass is 683 g/mol. The zero-order chi connectivity index (χ0) is 35.5. The van der Waals surface area contributed by atoms with Crippen LogP contribution in [0.1, 0.15) is 230 Å². The maximum Gasteiger partial charge on any atom is 0.253 e. The largest absolute Gasteiger partial charge is 0.370 e. The first-order chi connectivity index (χ1) is 24.1. The number of hydrogen-bond acceptors (Lipinski definition) is 2. The minimum atomic E-state index is 0.0349. The molecular weight excluding hydrogens is 601 g/mol. The third-order valence-electron chi connectivity index (χ3n) is 10.2. The van der Waals surface area contributed by atoms with Gasteiger partial charge >= 0.3 is 0 Å². The topological polar surface area (TPSA) is 84.7 Å². The highest BCUT2D eigenvalue weighted by molar-refractivity contribution is 5.94. The van der Waals surface area contributed by atoms with Gasteiger partial charge in [0.05, 0.1) is 5.69 Å². The summed E-state index contributed by atoms with van der Waals surface area (Å²) in [5.41, 5.74) is 12.5. The van der Waals surface area contributed by atoms with E-state index in [4.69, 9.17) is 11.5 Å². The molecule has 0 unspecified atom stereocenters. The summed E-state index contributed by atoms with van der Waals surface area (Å²) in [5.74, 6) is 0.172. The van der Waals surface area contributed by atoms with Gasteiger partial charge in [-0.05, 0) is 37.1 Å². The highest BCUT2D eigenvalue weighted by atomic mass is 16.2. The van der Waals surface area contributed by atoms with Crippen LogP contribution in [0, 0.1) is 0 Å². The maximum absolute atomic E-state index is 13.5. The quantitative estimate of drug-likeness (QED) is 0.0419. The molecule has 0 aliphatic heterocycles. The summed E-state index contributed by atoms with van der Waals surface area (Å²) in [5, 5.41) is 0. The Labute approximate surface area is 305 Å². The van der Waals surface area contributed by atoms with Gasteiger partial charge in [-0.1, -0.05) is 206 Å². The fraction of sp³-hybridized carbons (Fsp3) is 0.818. The van der Waals surface area contributed by atoms with Gasteiger partial charge in [-0.25, -0.2) is 4.99 Å². The van der Waals surface area contributed by atoms with E-state index in [0.717, 1.165) is 31.5 Å². The number of nitrogens with zero attached hydrogens (tertiary/aromatic N) is 2. The maximum atomic E-state index is 13.5. The second kappa shape index (κ2) is 34.4. The summed E-state index contributed by atoms with van der Waals surface area (Å²) < 4.78 is 0. The van der Waals surface area contributed by atoms with Crippen molar-refractivity contribution in [1.29, 1.82) is 0 Å². The number of guanidine groups is 1. The molecule has 0 aliphatic rings. The van der Waals surface area contributed by atoms with Crippen LogP contribution in [0.4, 0.5) is 5.69 Å². The Kier molecular flexibility index (Phi) is 31.6. The van der Waals surface area contributed by atoms with Crippen LogP contribution in [-0.2, 0) is 0 Å². The van der Waals surface area contributed by atoms with Crippen molar-refractivity contribution in [1.82, 2.24) is 4.90 Å². The molecule has 0 aliphatic carbocycles. The van der Waals surface area contributed by atoms with E-state index in [0.29, 0.717) is 5.69 Å². The summed E-state index contributed by atoms with van der Waals surface area (Å²) in [4.78, 5) is 19.7. The standard InChI is InChI=1S/C44H82N4O/c1-3-5-7-9-11-13-15-17-19-21-23-25-27-29-31-33-39-48(43(49)41-35-37-42(38-36-41)47-44(45)46)40-34-32-30-28-26-24-22-20-18-16-14-12-10-8-6-4-2/h35-38H,3-34,39-40H2,1-2H3,(H4,45,46,47). The van der Waals surface area contributed by atoms with Crippen molar-refractivity contribution in [2.75, 3.05) is 13.1 Å². The molecule has 0 saturated heterocycles. The molecule has 0 aromatic heterocycles. The fourth-order valence-electron chi connectivity index (χ4n) is 7.03. The molecule has 49 heavy (non-hydrogen) atoms. The first-order valence-electron chi connectivity index (χ1n) is 21.6. The number of carbonyl (C=O) groups is 1. The summed E-state index contributed by atoms with van der Waals surface area (Å²) in [6.45, 7) is 6.29. The van der Waals surface area contributed by atoms with Crippen LogP contribution in [0.3, 0.4) is 0 Å². The molecule has 1 rings (SSSR count). The minimum absolute atomic E-state index is 0.0349. The summed E-state index contributed by atoms with van der Waals surface area (Å²) in [6.07, 6.45) is 43.7. The molecular formula is C44H82N4O. The Morgan fingerprint density at radius 3 is 0.980 bits per heavy atom. The van der Waals surface area contributed by atoms with E-state index in [1.54, 1.807) is 0 Å². The van der Waals surface area contributed by atoms with Gasteiger partial charge in [-0.3, -0.25) is 4.79 Å². The average molecular weight is 683 g/mol. The van der Waals surface area contributed by atoms with E-state index in [1.807, 2.05) is 24.3 Å². The van der Waals surface area contributed by atoms with Crippen molar-refractivity contribution in [3.63, 3.8) is 0 Å². The van der Waals surface area contributed by atoms with Crippen LogP contribution in [0.5, 0.6) is 0 Å². The highest BCUT2D eigenvalue weighted by Gasteiger charge is 2.15. The third-order valence-corrected chi connectivity index (χ3v) is 10.2. The molecule has 0 spiro atoms. The van der Waals surface area contributed by atoms with Crippen LogP contribution >= 0.6 is 0 Å². The predicted molar refractivity (Wildman–Crippen MR) is 217 cm³/mol. The second-order valence-corrected chi connectivity index (χ2v) is 15.0. The average Bonchev–Trinajstić information content (AvgIpc) is 3.10. The van der Waals surface area contributed by atoms with Crippen LogP contribution < -0.4 is 11.5 Å². The number of benzene rings is 1. The Balaban J connectivity index is 2.23.